The first kappa shape index (κ1) is 152. The second-order valence-corrected chi connectivity index (χ2v) is 39.2. The van der Waals surface area contributed by atoms with Gasteiger partial charge >= 0.3 is 34.2 Å². The Balaban J connectivity index is -0.0000000354. The Morgan fingerprint density at radius 1 is 0.211 bits per heavy atom. The molecule has 0 heterocycles. The van der Waals surface area contributed by atoms with Crippen molar-refractivity contribution in [3.8, 4) is 17.2 Å². The third kappa shape index (κ3) is 87.9. The first-order chi connectivity index (χ1) is 36.5. The highest BCUT2D eigenvalue weighted by Gasteiger charge is 2.34. The fourth-order valence-corrected chi connectivity index (χ4v) is 17.6. The zero-order valence-electron chi connectivity index (χ0n) is 52.0. The van der Waals surface area contributed by atoms with E-state index in [2.05, 4.69) is 26.2 Å². The van der Waals surface area contributed by atoms with E-state index in [1.165, 1.54) is 0 Å². The van der Waals surface area contributed by atoms with Crippen LogP contribution in [0.4, 0.5) is 0 Å². The van der Waals surface area contributed by atoms with Gasteiger partial charge in [0, 0.05) is 87.4 Å². The molecule has 0 aliphatic rings. The predicted octanol–water partition coefficient (Wildman–Crippen LogP) is 23.8. The Morgan fingerprint density at radius 3 is 0.537 bits per heavy atom. The van der Waals surface area contributed by atoms with Crippen molar-refractivity contribution >= 4 is 50.9 Å². The van der Waals surface area contributed by atoms with Crippen LogP contribution in [-0.2, 0) is 58.5 Å². The Kier molecular flexibility index (Phi) is 150. The van der Waals surface area contributed by atoms with Gasteiger partial charge in [0.05, 0.1) is 18.7 Å². The molecule has 95 heavy (non-hydrogen) atoms. The maximum atomic E-state index is 5.69. The van der Waals surface area contributed by atoms with Crippen LogP contribution in [0.1, 0.15) is 203 Å². The summed E-state index contributed by atoms with van der Waals surface area (Å²) in [7, 11) is -6.23. The van der Waals surface area contributed by atoms with Gasteiger partial charge in [0.2, 0.25) is 16.6 Å². The van der Waals surface area contributed by atoms with Crippen molar-refractivity contribution in [1.82, 2.24) is 0 Å². The molecule has 0 unspecified atom stereocenters. The van der Waals surface area contributed by atoms with Gasteiger partial charge in [-0.05, 0) is 158 Å². The molecule has 0 N–H and O–H groups in total. The Labute approximate surface area is 608 Å². The first-order valence-corrected chi connectivity index (χ1v) is 43.7. The number of rotatable bonds is 35. The fraction of sp³-hybridized carbons (Fsp3) is 0.753. The van der Waals surface area contributed by atoms with E-state index in [9.17, 15) is 0 Å². The molecule has 0 saturated carbocycles. The van der Waals surface area contributed by atoms with Gasteiger partial charge in [-0.1, -0.05) is 188 Å². The Bertz CT molecular complexity index is 1580. The normalized spacial score (nSPS) is 9.44. The Morgan fingerprint density at radius 2 is 0.368 bits per heavy atom. The highest BCUT2D eigenvalue weighted by Crippen LogP contribution is 2.16. The quantitative estimate of drug-likeness (QED) is 0.0514. The molecule has 0 fully saturated rings. The van der Waals surface area contributed by atoms with Crippen molar-refractivity contribution in [2.75, 3.05) is 125 Å². The zero-order valence-corrected chi connectivity index (χ0v) is 58.0. The van der Waals surface area contributed by atoms with Crippen molar-refractivity contribution in [3.63, 3.8) is 0 Å². The van der Waals surface area contributed by atoms with Gasteiger partial charge in [-0.2, -0.15) is 0 Å². The molecule has 0 atom stereocenters. The van der Waals surface area contributed by atoms with Crippen molar-refractivity contribution in [3.05, 3.63) is 91.0 Å². The molecule has 594 valence electrons. The minimum absolute atomic E-state index is 0. The van der Waals surface area contributed by atoms with Crippen LogP contribution in [-0.4, -0.2) is 176 Å². The molecule has 0 bridgehead atoms. The van der Waals surface area contributed by atoms with E-state index < -0.39 is 50.9 Å². The molecule has 3 aromatic rings. The number of para-hydroxylation sites is 3. The van der Waals surface area contributed by atoms with Gasteiger partial charge in [-0.15, -0.1) is 0 Å². The van der Waals surface area contributed by atoms with Gasteiger partial charge in [0.25, 0.3) is 0 Å². The molecular formula is C73H182O16Si6. The average molecular weight is 1480 g/mol. The summed E-state index contributed by atoms with van der Waals surface area (Å²) >= 11 is 0. The maximum absolute atomic E-state index is 5.69. The van der Waals surface area contributed by atoms with Crippen LogP contribution in [0.5, 0.6) is 17.2 Å². The molecule has 0 radical (unpaired) electrons. The largest absolute Gasteiger partial charge is 0.494 e. The SMILES string of the molecule is C.C.C.C.C.C.C.C.C.C.C.C.C.C.C.C.C.C.CCO[Si](C)(C)COC.CCO[Si](C)(C)COc1ccccc1.CCO[Si](C)(COC)OCC.CCO[Si](C)(COC)OCC.CCO[Si](C)(COc1ccccc1)OCC.CCO[Si](C)(COc1ccccc1)OCC. The molecule has 0 amide bonds. The van der Waals surface area contributed by atoms with Crippen molar-refractivity contribution in [2.45, 2.75) is 255 Å². The molecule has 3 rings (SSSR count). The molecule has 3 aromatic carbocycles. The molecule has 0 saturated heterocycles. The maximum Gasteiger partial charge on any atom is 0.373 e. The lowest BCUT2D eigenvalue weighted by Gasteiger charge is -2.25. The van der Waals surface area contributed by atoms with Gasteiger partial charge in [-0.25, -0.2) is 0 Å². The van der Waals surface area contributed by atoms with E-state index >= 15 is 0 Å². The summed E-state index contributed by atoms with van der Waals surface area (Å²) in [5, 5.41) is 0. The van der Waals surface area contributed by atoms with E-state index in [4.69, 9.17) is 72.7 Å². The van der Waals surface area contributed by atoms with Crippen LogP contribution >= 0.6 is 0 Å². The van der Waals surface area contributed by atoms with E-state index in [-0.39, 0.29) is 134 Å². The van der Waals surface area contributed by atoms with Crippen LogP contribution in [0.3, 0.4) is 0 Å². The lowest BCUT2D eigenvalue weighted by Crippen LogP contribution is -2.45. The summed E-state index contributed by atoms with van der Waals surface area (Å²) in [4.78, 5) is 0. The topological polar surface area (TPSA) is 148 Å². The second-order valence-electron chi connectivity index (χ2n) is 18.5. The Hall–Kier alpha value is -2.16. The molecule has 0 aliphatic heterocycles. The summed E-state index contributed by atoms with van der Waals surface area (Å²) in [5.74, 6) is 2.65. The lowest BCUT2D eigenvalue weighted by atomic mass is 10.3. The highest BCUT2D eigenvalue weighted by atomic mass is 28.4. The number of hydrogen-bond acceptors (Lipinski definition) is 16. The van der Waals surface area contributed by atoms with Crippen LogP contribution < -0.4 is 14.2 Å². The van der Waals surface area contributed by atoms with Gasteiger partial charge < -0.3 is 72.7 Å². The molecule has 22 heteroatoms. The zero-order chi connectivity index (χ0) is 59.0. The monoisotopic (exact) mass is 1480 g/mol. The predicted molar refractivity (Wildman–Crippen MR) is 450 cm³/mol. The fourth-order valence-electron chi connectivity index (χ4n) is 6.92. The summed E-state index contributed by atoms with van der Waals surface area (Å²) in [5.41, 5.74) is 0. The molecule has 0 aromatic heterocycles. The van der Waals surface area contributed by atoms with Crippen molar-refractivity contribution in [2.24, 2.45) is 0 Å². The van der Waals surface area contributed by atoms with Gasteiger partial charge in [0.15, 0.2) is 0 Å². The minimum Gasteiger partial charge on any atom is -0.494 e. The summed E-state index contributed by atoms with van der Waals surface area (Å²) in [6.07, 6.45) is 3.77. The second kappa shape index (κ2) is 93.9. The van der Waals surface area contributed by atoms with Crippen LogP contribution in [0.2, 0.25) is 52.4 Å². The number of hydrogen-bond donors (Lipinski definition) is 0. The van der Waals surface area contributed by atoms with Gasteiger partial charge in [-0.3, -0.25) is 0 Å². The van der Waals surface area contributed by atoms with Crippen molar-refractivity contribution < 1.29 is 72.7 Å². The van der Waals surface area contributed by atoms with E-state index in [1.807, 2.05) is 186 Å². The highest BCUT2D eigenvalue weighted by molar-refractivity contribution is 6.71. The number of methoxy groups -OCH3 is 3. The van der Waals surface area contributed by atoms with E-state index in [0.29, 0.717) is 84.0 Å². The third-order valence-corrected chi connectivity index (χ3v) is 23.9. The molecular weight excluding hydrogens is 1300 g/mol. The van der Waals surface area contributed by atoms with Crippen molar-refractivity contribution in [1.29, 1.82) is 0 Å². The number of benzene rings is 3. The minimum atomic E-state index is -2.15. The average Bonchev–Trinajstić information content (AvgIpc) is 3.37. The lowest BCUT2D eigenvalue weighted by molar-refractivity contribution is 0.137. The molecule has 16 nitrogen and oxygen atoms in total. The van der Waals surface area contributed by atoms with Crippen LogP contribution in [0.25, 0.3) is 0 Å². The van der Waals surface area contributed by atoms with Gasteiger partial charge in [0.1, 0.15) is 35.9 Å². The summed E-state index contributed by atoms with van der Waals surface area (Å²) in [6.45, 7) is 43.6. The van der Waals surface area contributed by atoms with Crippen LogP contribution in [0.15, 0.2) is 91.0 Å². The summed E-state index contributed by atoms with van der Waals surface area (Å²) < 4.78 is 88.0. The van der Waals surface area contributed by atoms with E-state index in [0.717, 1.165) is 36.7 Å². The van der Waals surface area contributed by atoms with E-state index in [1.54, 1.807) is 21.3 Å². The molecule has 0 aliphatic carbocycles. The summed E-state index contributed by atoms with van der Waals surface area (Å²) in [6, 6.07) is 29.4. The standard InChI is InChI=1S/2C12H20O3Si.C11H18O2Si.2C7H18O3Si.C6H16O2Si.18CH4/c2*1-4-14-16(3,15-5-2)11-13-12-9-7-6-8-10-12;1-4-13-14(2,3)10-12-11-8-6-5-7-9-11;2*1-5-9-11(4,7-8-3)10-6-2;1-5-8-9(3,4)6-7-2;;;;;;;;;;;;;;;;;;/h2*6-10H,4-5,11H2,1-3H3;5-9H,4,10H2,1-3H3;2*5-7H2,1-4H3;5-6H2,1-4H3;18*1H4. The smallest absolute Gasteiger partial charge is 0.373 e. The number of ether oxygens (including phenoxy) is 6. The molecule has 0 spiro atoms. The first-order valence-electron chi connectivity index (χ1n) is 27.4. The van der Waals surface area contributed by atoms with Crippen LogP contribution in [0, 0.1) is 0 Å². The third-order valence-electron chi connectivity index (χ3n) is 9.79.